The van der Waals surface area contributed by atoms with Gasteiger partial charge in [-0.1, -0.05) is 41.6 Å². The summed E-state index contributed by atoms with van der Waals surface area (Å²) in [5.74, 6) is -0.710. The first-order valence-electron chi connectivity index (χ1n) is 9.60. The van der Waals surface area contributed by atoms with Gasteiger partial charge >= 0.3 is 6.18 Å². The number of nitrogens with zero attached hydrogens (tertiary/aromatic N) is 2. The molecule has 33 heavy (non-hydrogen) atoms. The number of para-hydroxylation sites is 1. The predicted molar refractivity (Wildman–Crippen MR) is 123 cm³/mol. The molecule has 0 unspecified atom stereocenters. The van der Waals surface area contributed by atoms with Gasteiger partial charge in [-0.05, 0) is 54.6 Å². The summed E-state index contributed by atoms with van der Waals surface area (Å²) in [4.78, 5) is 30.1. The molecule has 0 saturated heterocycles. The van der Waals surface area contributed by atoms with Gasteiger partial charge in [-0.2, -0.15) is 13.2 Å². The van der Waals surface area contributed by atoms with E-state index < -0.39 is 17.6 Å². The summed E-state index contributed by atoms with van der Waals surface area (Å²) in [6.45, 7) is 0. The molecule has 0 fully saturated rings. The third kappa shape index (κ3) is 5.20. The lowest BCUT2D eigenvalue weighted by atomic mass is 10.2. The van der Waals surface area contributed by atoms with Crippen molar-refractivity contribution >= 4 is 45.9 Å². The molecule has 168 valence electrons. The van der Waals surface area contributed by atoms with Crippen molar-refractivity contribution in [3.05, 3.63) is 93.7 Å². The van der Waals surface area contributed by atoms with Crippen LogP contribution in [0, 0.1) is 0 Å². The Bertz CT molecular complexity index is 1390. The van der Waals surface area contributed by atoms with Gasteiger partial charge in [0.1, 0.15) is 0 Å². The van der Waals surface area contributed by atoms with Crippen molar-refractivity contribution in [2.24, 2.45) is 0 Å². The fourth-order valence-electron chi connectivity index (χ4n) is 3.13. The lowest BCUT2D eigenvalue weighted by molar-refractivity contribution is -0.137. The van der Waals surface area contributed by atoms with E-state index in [1.54, 1.807) is 48.5 Å². The average molecular weight is 490 g/mol. The molecule has 0 radical (unpaired) electrons. The second-order valence-electron chi connectivity index (χ2n) is 6.94. The van der Waals surface area contributed by atoms with Crippen LogP contribution in [0.2, 0.25) is 5.02 Å². The molecule has 0 atom stereocenters. The van der Waals surface area contributed by atoms with E-state index in [1.165, 1.54) is 16.7 Å². The number of carbonyl (C=O) groups excluding carboxylic acids is 1. The van der Waals surface area contributed by atoms with Crippen molar-refractivity contribution in [3.8, 4) is 5.69 Å². The van der Waals surface area contributed by atoms with Crippen molar-refractivity contribution in [2.45, 2.75) is 11.3 Å². The van der Waals surface area contributed by atoms with Crippen molar-refractivity contribution in [3.63, 3.8) is 0 Å². The first kappa shape index (κ1) is 22.9. The summed E-state index contributed by atoms with van der Waals surface area (Å²) in [7, 11) is 0. The SMILES string of the molecule is O=C(CSc1nc2ccccc2c(=O)n1-c1ccc(Cl)cc1)Nc1cccc(C(F)(F)F)c1. The van der Waals surface area contributed by atoms with Gasteiger partial charge in [0.05, 0.1) is 27.9 Å². The monoisotopic (exact) mass is 489 g/mol. The molecule has 1 aromatic heterocycles. The molecule has 1 heterocycles. The maximum atomic E-state index is 13.2. The molecule has 5 nitrogen and oxygen atoms in total. The number of thioether (sulfide) groups is 1. The van der Waals surface area contributed by atoms with Gasteiger partial charge in [-0.3, -0.25) is 14.2 Å². The van der Waals surface area contributed by atoms with Crippen molar-refractivity contribution in [2.75, 3.05) is 11.1 Å². The van der Waals surface area contributed by atoms with E-state index in [0.29, 0.717) is 21.6 Å². The Balaban J connectivity index is 1.62. The zero-order chi connectivity index (χ0) is 23.6. The van der Waals surface area contributed by atoms with E-state index in [0.717, 1.165) is 23.9 Å². The number of hydrogen-bond acceptors (Lipinski definition) is 4. The van der Waals surface area contributed by atoms with Gasteiger partial charge in [0, 0.05) is 10.7 Å². The molecule has 0 aliphatic carbocycles. The highest BCUT2D eigenvalue weighted by Crippen LogP contribution is 2.31. The lowest BCUT2D eigenvalue weighted by Gasteiger charge is -2.13. The molecule has 0 aliphatic rings. The maximum Gasteiger partial charge on any atom is 0.416 e. The first-order valence-corrected chi connectivity index (χ1v) is 11.0. The molecular formula is C23H15ClF3N3O2S. The van der Waals surface area contributed by atoms with Crippen LogP contribution in [-0.2, 0) is 11.0 Å². The molecule has 0 saturated carbocycles. The third-order valence-electron chi connectivity index (χ3n) is 4.64. The van der Waals surface area contributed by atoms with Gasteiger partial charge in [0.15, 0.2) is 5.16 Å². The number of alkyl halides is 3. The van der Waals surface area contributed by atoms with Gasteiger partial charge in [0.2, 0.25) is 5.91 Å². The fraction of sp³-hybridized carbons (Fsp3) is 0.0870. The second kappa shape index (κ2) is 9.29. The van der Waals surface area contributed by atoms with Crippen LogP contribution < -0.4 is 10.9 Å². The Morgan fingerprint density at radius 3 is 2.48 bits per heavy atom. The number of anilines is 1. The highest BCUT2D eigenvalue weighted by molar-refractivity contribution is 7.99. The Hall–Kier alpha value is -3.30. The Kier molecular flexibility index (Phi) is 6.44. The zero-order valence-corrected chi connectivity index (χ0v) is 18.3. The van der Waals surface area contributed by atoms with Crippen molar-refractivity contribution in [1.82, 2.24) is 9.55 Å². The summed E-state index contributed by atoms with van der Waals surface area (Å²) >= 11 is 6.96. The van der Waals surface area contributed by atoms with E-state index in [9.17, 15) is 22.8 Å². The van der Waals surface area contributed by atoms with Crippen LogP contribution in [0.5, 0.6) is 0 Å². The Labute approximate surface area is 195 Å². The summed E-state index contributed by atoms with van der Waals surface area (Å²) in [5, 5.41) is 3.62. The minimum absolute atomic E-state index is 0.0250. The zero-order valence-electron chi connectivity index (χ0n) is 16.8. The fourth-order valence-corrected chi connectivity index (χ4v) is 4.07. The quantitative estimate of drug-likeness (QED) is 0.285. The largest absolute Gasteiger partial charge is 0.416 e. The first-order chi connectivity index (χ1) is 15.7. The van der Waals surface area contributed by atoms with E-state index in [-0.39, 0.29) is 22.2 Å². The third-order valence-corrected chi connectivity index (χ3v) is 5.83. The van der Waals surface area contributed by atoms with Crippen molar-refractivity contribution in [1.29, 1.82) is 0 Å². The number of fused-ring (bicyclic) bond motifs is 1. The van der Waals surface area contributed by atoms with E-state index >= 15 is 0 Å². The van der Waals surface area contributed by atoms with Crippen LogP contribution in [-0.4, -0.2) is 21.2 Å². The van der Waals surface area contributed by atoms with Gasteiger partial charge in [0.25, 0.3) is 5.56 Å². The van der Waals surface area contributed by atoms with E-state index in [2.05, 4.69) is 10.3 Å². The molecule has 10 heteroatoms. The number of halogens is 4. The number of amides is 1. The number of aromatic nitrogens is 2. The minimum atomic E-state index is -4.51. The van der Waals surface area contributed by atoms with Gasteiger partial charge < -0.3 is 5.32 Å². The molecule has 0 spiro atoms. The van der Waals surface area contributed by atoms with Crippen LogP contribution in [0.1, 0.15) is 5.56 Å². The summed E-state index contributed by atoms with van der Waals surface area (Å²) in [6.07, 6.45) is -4.51. The number of nitrogens with one attached hydrogen (secondary N) is 1. The highest BCUT2D eigenvalue weighted by atomic mass is 35.5. The van der Waals surface area contributed by atoms with E-state index in [1.807, 2.05) is 0 Å². The normalized spacial score (nSPS) is 11.5. The molecule has 1 amide bonds. The summed E-state index contributed by atoms with van der Waals surface area (Å²) in [5.41, 5.74) is -0.168. The Morgan fingerprint density at radius 1 is 1.03 bits per heavy atom. The van der Waals surface area contributed by atoms with Crippen LogP contribution in [0.25, 0.3) is 16.6 Å². The average Bonchev–Trinajstić information content (AvgIpc) is 2.78. The lowest BCUT2D eigenvalue weighted by Crippen LogP contribution is -2.23. The molecule has 3 aromatic carbocycles. The standard InChI is InChI=1S/C23H15ClF3N3O2S/c24-15-8-10-17(11-9-15)30-21(32)18-6-1-2-7-19(18)29-22(30)33-13-20(31)28-16-5-3-4-14(12-16)23(25,26)27/h1-12H,13H2,(H,28,31). The van der Waals surface area contributed by atoms with Crippen molar-refractivity contribution < 1.29 is 18.0 Å². The number of hydrogen-bond donors (Lipinski definition) is 1. The molecule has 4 rings (SSSR count). The summed E-state index contributed by atoms with van der Waals surface area (Å²) < 4.78 is 40.1. The smallest absolute Gasteiger partial charge is 0.325 e. The van der Waals surface area contributed by atoms with Crippen LogP contribution in [0.3, 0.4) is 0 Å². The number of carbonyl (C=O) groups is 1. The van der Waals surface area contributed by atoms with Gasteiger partial charge in [-0.25, -0.2) is 4.98 Å². The molecular weight excluding hydrogens is 475 g/mol. The number of benzene rings is 3. The molecule has 1 N–H and O–H groups in total. The maximum absolute atomic E-state index is 13.2. The number of rotatable bonds is 5. The second-order valence-corrected chi connectivity index (χ2v) is 8.32. The molecule has 0 bridgehead atoms. The molecule has 0 aliphatic heterocycles. The van der Waals surface area contributed by atoms with Gasteiger partial charge in [-0.15, -0.1) is 0 Å². The summed E-state index contributed by atoms with van der Waals surface area (Å²) in [6, 6.07) is 17.8. The van der Waals surface area contributed by atoms with Crippen LogP contribution in [0.15, 0.2) is 82.7 Å². The Morgan fingerprint density at radius 2 is 1.76 bits per heavy atom. The topological polar surface area (TPSA) is 64.0 Å². The van der Waals surface area contributed by atoms with Crippen LogP contribution >= 0.6 is 23.4 Å². The van der Waals surface area contributed by atoms with Crippen LogP contribution in [0.4, 0.5) is 18.9 Å². The van der Waals surface area contributed by atoms with E-state index in [4.69, 9.17) is 11.6 Å². The molecule has 4 aromatic rings. The highest BCUT2D eigenvalue weighted by Gasteiger charge is 2.30. The minimum Gasteiger partial charge on any atom is -0.325 e. The predicted octanol–water partition coefficient (Wildman–Crippen LogP) is 5.79.